The molecule has 1 fully saturated rings. The van der Waals surface area contributed by atoms with Gasteiger partial charge in [0, 0.05) is 12.3 Å². The molecule has 2 rings (SSSR count). The van der Waals surface area contributed by atoms with Crippen molar-refractivity contribution in [2.45, 2.75) is 44.1 Å². The monoisotopic (exact) mass is 206 g/mol. The highest BCUT2D eigenvalue weighted by atomic mass is 16.3. The third-order valence-corrected chi connectivity index (χ3v) is 3.45. The van der Waals surface area contributed by atoms with Crippen molar-refractivity contribution in [3.05, 3.63) is 24.3 Å². The number of hydrogen-bond acceptors (Lipinski definition) is 2. The Morgan fingerprint density at radius 1 is 1.20 bits per heavy atom. The van der Waals surface area contributed by atoms with Crippen molar-refractivity contribution < 1.29 is 9.90 Å². The van der Waals surface area contributed by atoms with Gasteiger partial charge in [0.1, 0.15) is 5.60 Å². The van der Waals surface area contributed by atoms with Gasteiger partial charge in [-0.25, -0.2) is 0 Å². The molecule has 2 aliphatic rings. The molecule has 0 bridgehead atoms. The van der Waals surface area contributed by atoms with Gasteiger partial charge in [-0.15, -0.1) is 0 Å². The minimum absolute atomic E-state index is 0.0304. The Kier molecular flexibility index (Phi) is 3.06. The van der Waals surface area contributed by atoms with E-state index in [9.17, 15) is 9.90 Å². The third-order valence-electron chi connectivity index (χ3n) is 3.45. The molecule has 2 nitrogen and oxygen atoms in total. The van der Waals surface area contributed by atoms with Crippen LogP contribution in [0.3, 0.4) is 0 Å². The Bertz CT molecular complexity index is 298. The molecule has 0 radical (unpaired) electrons. The molecule has 1 atom stereocenters. The first-order valence-electron chi connectivity index (χ1n) is 5.83. The summed E-state index contributed by atoms with van der Waals surface area (Å²) < 4.78 is 0. The maximum Gasteiger partial charge on any atom is 0.171 e. The Balaban J connectivity index is 2.05. The zero-order chi connectivity index (χ0) is 10.7. The number of allylic oxidation sites excluding steroid dienone is 2. The van der Waals surface area contributed by atoms with Gasteiger partial charge in [0.05, 0.1) is 0 Å². The summed E-state index contributed by atoms with van der Waals surface area (Å²) in [5, 5.41) is 10.2. The van der Waals surface area contributed by atoms with Gasteiger partial charge in [0.2, 0.25) is 0 Å². The zero-order valence-electron chi connectivity index (χ0n) is 8.98. The molecule has 0 aromatic heterocycles. The van der Waals surface area contributed by atoms with E-state index >= 15 is 0 Å². The SMILES string of the molecule is O=C(C1CCCCC1)C1(O)C=CC=CC1. The molecule has 0 aromatic rings. The summed E-state index contributed by atoms with van der Waals surface area (Å²) >= 11 is 0. The van der Waals surface area contributed by atoms with Crippen LogP contribution >= 0.6 is 0 Å². The Morgan fingerprint density at radius 2 is 1.93 bits per heavy atom. The molecule has 0 heterocycles. The number of carbonyl (C=O) groups excluding carboxylic acids is 1. The van der Waals surface area contributed by atoms with Crippen LogP contribution in [0.2, 0.25) is 0 Å². The Hall–Kier alpha value is -0.890. The van der Waals surface area contributed by atoms with Crippen LogP contribution in [0.25, 0.3) is 0 Å². The second kappa shape index (κ2) is 4.31. The largest absolute Gasteiger partial charge is 0.378 e. The van der Waals surface area contributed by atoms with Gasteiger partial charge in [0.25, 0.3) is 0 Å². The highest BCUT2D eigenvalue weighted by Crippen LogP contribution is 2.31. The molecule has 0 aliphatic heterocycles. The molecule has 2 heteroatoms. The van der Waals surface area contributed by atoms with Gasteiger partial charge in [-0.3, -0.25) is 4.79 Å². The lowest BCUT2D eigenvalue weighted by Gasteiger charge is -2.30. The molecule has 0 aromatic carbocycles. The maximum atomic E-state index is 12.1. The molecule has 15 heavy (non-hydrogen) atoms. The molecule has 1 saturated carbocycles. The van der Waals surface area contributed by atoms with Crippen molar-refractivity contribution in [1.82, 2.24) is 0 Å². The van der Waals surface area contributed by atoms with Crippen LogP contribution < -0.4 is 0 Å². The van der Waals surface area contributed by atoms with Crippen LogP contribution in [0.4, 0.5) is 0 Å². The first kappa shape index (κ1) is 10.6. The van der Waals surface area contributed by atoms with Crippen LogP contribution in [0.5, 0.6) is 0 Å². The summed E-state index contributed by atoms with van der Waals surface area (Å²) in [4.78, 5) is 12.1. The molecule has 0 amide bonds. The fourth-order valence-electron chi connectivity index (χ4n) is 2.51. The van der Waals surface area contributed by atoms with E-state index < -0.39 is 5.60 Å². The highest BCUT2D eigenvalue weighted by molar-refractivity contribution is 5.91. The van der Waals surface area contributed by atoms with Crippen molar-refractivity contribution >= 4 is 5.78 Å². The average molecular weight is 206 g/mol. The van der Waals surface area contributed by atoms with Crippen molar-refractivity contribution in [3.63, 3.8) is 0 Å². The predicted octanol–water partition coefficient (Wildman–Crippen LogP) is 2.38. The van der Waals surface area contributed by atoms with Crippen molar-refractivity contribution in [2.75, 3.05) is 0 Å². The van der Waals surface area contributed by atoms with E-state index in [1.165, 1.54) is 6.42 Å². The fourth-order valence-corrected chi connectivity index (χ4v) is 2.51. The first-order valence-corrected chi connectivity index (χ1v) is 5.83. The molecular formula is C13H18O2. The number of hydrogen-bond donors (Lipinski definition) is 1. The second-order valence-electron chi connectivity index (χ2n) is 4.61. The zero-order valence-corrected chi connectivity index (χ0v) is 8.98. The summed E-state index contributed by atoms with van der Waals surface area (Å²) in [6.45, 7) is 0. The Morgan fingerprint density at radius 3 is 2.53 bits per heavy atom. The number of aliphatic hydroxyl groups is 1. The van der Waals surface area contributed by atoms with Crippen LogP contribution in [0, 0.1) is 5.92 Å². The molecule has 0 spiro atoms. The van der Waals surface area contributed by atoms with Gasteiger partial charge < -0.3 is 5.11 Å². The molecular weight excluding hydrogens is 188 g/mol. The minimum atomic E-state index is -1.21. The van der Waals surface area contributed by atoms with Gasteiger partial charge in [-0.2, -0.15) is 0 Å². The van der Waals surface area contributed by atoms with E-state index in [0.29, 0.717) is 6.42 Å². The van der Waals surface area contributed by atoms with Crippen LogP contribution in [-0.4, -0.2) is 16.5 Å². The van der Waals surface area contributed by atoms with E-state index in [1.807, 2.05) is 12.2 Å². The van der Waals surface area contributed by atoms with E-state index in [0.717, 1.165) is 25.7 Å². The summed E-state index contributed by atoms with van der Waals surface area (Å²) in [7, 11) is 0. The molecule has 0 saturated heterocycles. The number of carbonyl (C=O) groups is 1. The van der Waals surface area contributed by atoms with E-state index in [4.69, 9.17) is 0 Å². The molecule has 1 unspecified atom stereocenters. The van der Waals surface area contributed by atoms with E-state index in [-0.39, 0.29) is 11.7 Å². The normalized spacial score (nSPS) is 31.8. The van der Waals surface area contributed by atoms with Gasteiger partial charge in [-0.05, 0) is 18.9 Å². The van der Waals surface area contributed by atoms with Crippen molar-refractivity contribution in [3.8, 4) is 0 Å². The van der Waals surface area contributed by atoms with E-state index in [1.54, 1.807) is 12.2 Å². The number of rotatable bonds is 2. The third kappa shape index (κ3) is 2.20. The van der Waals surface area contributed by atoms with Gasteiger partial charge in [0.15, 0.2) is 5.78 Å². The van der Waals surface area contributed by atoms with E-state index in [2.05, 4.69) is 0 Å². The standard InChI is InChI=1S/C13H18O2/c14-12(11-7-3-1-4-8-11)13(15)9-5-2-6-10-13/h2,5-6,9,11,15H,1,3-4,7-8,10H2. The quantitative estimate of drug-likeness (QED) is 0.753. The fraction of sp³-hybridized carbons (Fsp3) is 0.615. The van der Waals surface area contributed by atoms with Crippen LogP contribution in [-0.2, 0) is 4.79 Å². The maximum absolute atomic E-state index is 12.1. The molecule has 2 aliphatic carbocycles. The topological polar surface area (TPSA) is 37.3 Å². The summed E-state index contributed by atoms with van der Waals surface area (Å²) in [6.07, 6.45) is 13.0. The predicted molar refractivity (Wildman–Crippen MR) is 59.4 cm³/mol. The first-order chi connectivity index (χ1) is 7.22. The lowest BCUT2D eigenvalue weighted by atomic mass is 9.77. The van der Waals surface area contributed by atoms with Crippen molar-refractivity contribution in [1.29, 1.82) is 0 Å². The lowest BCUT2D eigenvalue weighted by Crippen LogP contribution is -2.41. The smallest absolute Gasteiger partial charge is 0.171 e. The summed E-state index contributed by atoms with van der Waals surface area (Å²) in [5.41, 5.74) is -1.21. The highest BCUT2D eigenvalue weighted by Gasteiger charge is 2.37. The van der Waals surface area contributed by atoms with Crippen molar-refractivity contribution in [2.24, 2.45) is 5.92 Å². The minimum Gasteiger partial charge on any atom is -0.378 e. The second-order valence-corrected chi connectivity index (χ2v) is 4.61. The summed E-state index contributed by atoms with van der Waals surface area (Å²) in [5.74, 6) is 0.114. The molecule has 82 valence electrons. The number of Topliss-reactive ketones (excluding diaryl/α,β-unsaturated/α-hetero) is 1. The lowest BCUT2D eigenvalue weighted by molar-refractivity contribution is -0.138. The van der Waals surface area contributed by atoms with Gasteiger partial charge >= 0.3 is 0 Å². The Labute approximate surface area is 90.7 Å². The number of ketones is 1. The van der Waals surface area contributed by atoms with Crippen LogP contribution in [0.15, 0.2) is 24.3 Å². The average Bonchev–Trinajstić information content (AvgIpc) is 2.30. The van der Waals surface area contributed by atoms with Crippen LogP contribution in [0.1, 0.15) is 38.5 Å². The summed E-state index contributed by atoms with van der Waals surface area (Å²) in [6, 6.07) is 0. The van der Waals surface area contributed by atoms with Gasteiger partial charge in [-0.1, -0.05) is 37.5 Å². The molecule has 1 N–H and O–H groups in total.